The summed E-state index contributed by atoms with van der Waals surface area (Å²) in [6, 6.07) is 15.8. The SMILES string of the molecule is CCCN(CCC)C(=O)c1cc(CCCCN(C)C)cc(C(=O)N[C@@H](Cc2cc(F)cc(F)c2)[C@H](O)CNCc2cccc(CC)c2)c1. The number of carbonyl (C=O) groups excluding carboxylic acids is 2. The van der Waals surface area contributed by atoms with E-state index in [0.29, 0.717) is 42.7 Å². The summed E-state index contributed by atoms with van der Waals surface area (Å²) in [6.45, 7) is 8.97. The Balaban J connectivity index is 1.87. The predicted octanol–water partition coefficient (Wildman–Crippen LogP) is 6.17. The van der Waals surface area contributed by atoms with Crippen LogP contribution >= 0.6 is 0 Å². The summed E-state index contributed by atoms with van der Waals surface area (Å²) in [6.07, 6.45) is 4.05. The zero-order chi connectivity index (χ0) is 35.1. The van der Waals surface area contributed by atoms with E-state index in [1.165, 1.54) is 17.7 Å². The van der Waals surface area contributed by atoms with E-state index in [0.717, 1.165) is 55.8 Å². The van der Waals surface area contributed by atoms with E-state index in [9.17, 15) is 23.5 Å². The molecular formula is C39H54F2N4O3. The van der Waals surface area contributed by atoms with E-state index in [1.807, 2.05) is 51.0 Å². The van der Waals surface area contributed by atoms with Gasteiger partial charge in [0.1, 0.15) is 11.6 Å². The molecule has 0 aromatic heterocycles. The summed E-state index contributed by atoms with van der Waals surface area (Å²) >= 11 is 0. The second-order valence-corrected chi connectivity index (χ2v) is 12.9. The third-order valence-corrected chi connectivity index (χ3v) is 8.34. The van der Waals surface area contributed by atoms with Gasteiger partial charge in [-0.2, -0.15) is 0 Å². The van der Waals surface area contributed by atoms with Gasteiger partial charge in [0.15, 0.2) is 0 Å². The average Bonchev–Trinajstić information content (AvgIpc) is 3.05. The summed E-state index contributed by atoms with van der Waals surface area (Å²) in [5.41, 5.74) is 4.23. The Morgan fingerprint density at radius 3 is 2.10 bits per heavy atom. The minimum Gasteiger partial charge on any atom is -0.390 e. The first-order chi connectivity index (χ1) is 23.0. The number of nitrogens with zero attached hydrogens (tertiary/aromatic N) is 2. The molecule has 0 aliphatic heterocycles. The Labute approximate surface area is 285 Å². The second-order valence-electron chi connectivity index (χ2n) is 12.9. The lowest BCUT2D eigenvalue weighted by molar-refractivity contribution is 0.0755. The summed E-state index contributed by atoms with van der Waals surface area (Å²) < 4.78 is 28.3. The molecule has 3 rings (SSSR count). The van der Waals surface area contributed by atoms with Crippen LogP contribution in [-0.2, 0) is 25.8 Å². The standard InChI is InChI=1S/C39H54F2N4O3/c1-6-15-45(16-7-2)39(48)33-20-29(12-9-10-17-44(4)5)19-32(24-33)38(47)43-36(23-31-21-34(40)25-35(41)22-31)37(46)27-42-26-30-14-11-13-28(8-3)18-30/h11,13-14,18-22,24-25,36-37,42,46H,6-10,12,15-17,23,26-27H2,1-5H3,(H,43,47)/t36-,37+/m0/s1. The lowest BCUT2D eigenvalue weighted by Crippen LogP contribution is -2.48. The number of aryl methyl sites for hydroxylation is 2. The molecule has 7 nitrogen and oxygen atoms in total. The van der Waals surface area contributed by atoms with Crippen molar-refractivity contribution in [3.8, 4) is 0 Å². The van der Waals surface area contributed by atoms with Crippen LogP contribution in [0.1, 0.15) is 89.4 Å². The highest BCUT2D eigenvalue weighted by Gasteiger charge is 2.25. The molecule has 3 aromatic rings. The largest absolute Gasteiger partial charge is 0.390 e. The Kier molecular flexibility index (Phi) is 16.2. The van der Waals surface area contributed by atoms with Crippen molar-refractivity contribution in [2.24, 2.45) is 0 Å². The molecule has 3 aromatic carbocycles. The van der Waals surface area contributed by atoms with Crippen LogP contribution in [-0.4, -0.2) is 79.1 Å². The minimum absolute atomic E-state index is 0.00534. The normalized spacial score (nSPS) is 12.6. The van der Waals surface area contributed by atoms with Gasteiger partial charge in [-0.1, -0.05) is 45.0 Å². The molecule has 2 amide bonds. The Bertz CT molecular complexity index is 1440. The number of nitrogens with one attached hydrogen (secondary N) is 2. The Morgan fingerprint density at radius 1 is 0.792 bits per heavy atom. The molecule has 3 N–H and O–H groups in total. The molecule has 262 valence electrons. The number of unbranched alkanes of at least 4 members (excludes halogenated alkanes) is 1. The molecule has 0 bridgehead atoms. The molecule has 0 radical (unpaired) electrons. The summed E-state index contributed by atoms with van der Waals surface area (Å²) in [4.78, 5) is 31.5. The van der Waals surface area contributed by atoms with Gasteiger partial charge in [-0.05, 0) is 118 Å². The first-order valence-electron chi connectivity index (χ1n) is 17.3. The third-order valence-electron chi connectivity index (χ3n) is 8.34. The Morgan fingerprint density at radius 2 is 1.46 bits per heavy atom. The fraction of sp³-hybridized carbons (Fsp3) is 0.487. The highest BCUT2D eigenvalue weighted by Crippen LogP contribution is 2.18. The van der Waals surface area contributed by atoms with E-state index in [1.54, 1.807) is 12.1 Å². The van der Waals surface area contributed by atoms with Crippen LogP contribution in [0.3, 0.4) is 0 Å². The number of amides is 2. The zero-order valence-electron chi connectivity index (χ0n) is 29.3. The van der Waals surface area contributed by atoms with Crippen LogP contribution in [0.5, 0.6) is 0 Å². The van der Waals surface area contributed by atoms with Crippen molar-refractivity contribution in [2.45, 2.75) is 84.4 Å². The van der Waals surface area contributed by atoms with Gasteiger partial charge in [-0.15, -0.1) is 0 Å². The summed E-state index contributed by atoms with van der Waals surface area (Å²) in [7, 11) is 4.06. The summed E-state index contributed by atoms with van der Waals surface area (Å²) in [5.74, 6) is -2.04. The van der Waals surface area contributed by atoms with Crippen molar-refractivity contribution in [1.29, 1.82) is 0 Å². The van der Waals surface area contributed by atoms with Gasteiger partial charge in [-0.25, -0.2) is 8.78 Å². The quantitative estimate of drug-likeness (QED) is 0.126. The maximum absolute atomic E-state index is 14.1. The molecule has 9 heteroatoms. The van der Waals surface area contributed by atoms with Gasteiger partial charge in [0.05, 0.1) is 12.1 Å². The highest BCUT2D eigenvalue weighted by molar-refractivity contribution is 6.00. The molecule has 0 spiro atoms. The molecule has 0 saturated carbocycles. The topological polar surface area (TPSA) is 84.9 Å². The van der Waals surface area contributed by atoms with Crippen molar-refractivity contribution in [1.82, 2.24) is 20.4 Å². The lowest BCUT2D eigenvalue weighted by atomic mass is 9.98. The van der Waals surface area contributed by atoms with Crippen LogP contribution in [0.4, 0.5) is 8.78 Å². The number of carbonyl (C=O) groups is 2. The van der Waals surface area contributed by atoms with Gasteiger partial charge >= 0.3 is 0 Å². The number of rotatable bonds is 20. The third kappa shape index (κ3) is 12.7. The number of hydrogen-bond acceptors (Lipinski definition) is 5. The fourth-order valence-corrected chi connectivity index (χ4v) is 5.87. The molecule has 0 saturated heterocycles. The zero-order valence-corrected chi connectivity index (χ0v) is 29.3. The predicted molar refractivity (Wildman–Crippen MR) is 189 cm³/mol. The van der Waals surface area contributed by atoms with Crippen molar-refractivity contribution < 1.29 is 23.5 Å². The number of halogens is 2. The molecular weight excluding hydrogens is 610 g/mol. The van der Waals surface area contributed by atoms with E-state index < -0.39 is 29.7 Å². The van der Waals surface area contributed by atoms with Crippen LogP contribution in [0.2, 0.25) is 0 Å². The highest BCUT2D eigenvalue weighted by atomic mass is 19.1. The van der Waals surface area contributed by atoms with E-state index in [2.05, 4.69) is 34.6 Å². The van der Waals surface area contributed by atoms with Crippen LogP contribution in [0.25, 0.3) is 0 Å². The average molecular weight is 665 g/mol. The van der Waals surface area contributed by atoms with Crippen molar-refractivity contribution in [2.75, 3.05) is 40.3 Å². The Hall–Kier alpha value is -3.66. The number of hydrogen-bond donors (Lipinski definition) is 3. The first-order valence-corrected chi connectivity index (χ1v) is 17.3. The monoisotopic (exact) mass is 664 g/mol. The number of aliphatic hydroxyl groups excluding tert-OH is 1. The molecule has 0 heterocycles. The van der Waals surface area contributed by atoms with Gasteiger partial charge in [-0.3, -0.25) is 9.59 Å². The minimum atomic E-state index is -1.07. The second kappa shape index (κ2) is 20.0. The van der Waals surface area contributed by atoms with Crippen molar-refractivity contribution in [3.63, 3.8) is 0 Å². The first kappa shape index (κ1) is 38.8. The van der Waals surface area contributed by atoms with Crippen molar-refractivity contribution >= 4 is 11.8 Å². The van der Waals surface area contributed by atoms with Crippen LogP contribution in [0, 0.1) is 11.6 Å². The van der Waals surface area contributed by atoms with Gasteiger partial charge in [0.25, 0.3) is 11.8 Å². The molecule has 0 aliphatic rings. The molecule has 2 atom stereocenters. The van der Waals surface area contributed by atoms with Crippen LogP contribution < -0.4 is 10.6 Å². The van der Waals surface area contributed by atoms with Gasteiger partial charge in [0.2, 0.25) is 0 Å². The molecule has 0 fully saturated rings. The lowest BCUT2D eigenvalue weighted by Gasteiger charge is -2.26. The smallest absolute Gasteiger partial charge is 0.253 e. The maximum atomic E-state index is 14.1. The van der Waals surface area contributed by atoms with E-state index in [-0.39, 0.29) is 18.9 Å². The maximum Gasteiger partial charge on any atom is 0.253 e. The fourth-order valence-electron chi connectivity index (χ4n) is 5.87. The van der Waals surface area contributed by atoms with E-state index >= 15 is 0 Å². The summed E-state index contributed by atoms with van der Waals surface area (Å²) in [5, 5.41) is 17.5. The molecule has 48 heavy (non-hydrogen) atoms. The number of benzene rings is 3. The van der Waals surface area contributed by atoms with E-state index in [4.69, 9.17) is 0 Å². The van der Waals surface area contributed by atoms with Gasteiger partial charge in [0, 0.05) is 43.4 Å². The van der Waals surface area contributed by atoms with Crippen molar-refractivity contribution in [3.05, 3.63) is 106 Å². The van der Waals surface area contributed by atoms with Crippen LogP contribution in [0.15, 0.2) is 60.7 Å². The molecule has 0 unspecified atom stereocenters. The van der Waals surface area contributed by atoms with Gasteiger partial charge < -0.3 is 25.5 Å². The number of aliphatic hydroxyl groups is 1. The molecule has 0 aliphatic carbocycles.